The van der Waals surface area contributed by atoms with Crippen LogP contribution < -0.4 is 5.32 Å². The lowest BCUT2D eigenvalue weighted by Crippen LogP contribution is -2.44. The first-order valence-corrected chi connectivity index (χ1v) is 6.57. The Labute approximate surface area is 111 Å². The van der Waals surface area contributed by atoms with Crippen LogP contribution in [0.4, 0.5) is 0 Å². The van der Waals surface area contributed by atoms with E-state index in [1.807, 2.05) is 13.0 Å². The Bertz CT molecular complexity index is 436. The van der Waals surface area contributed by atoms with Gasteiger partial charge in [0.1, 0.15) is 0 Å². The fraction of sp³-hybridized carbons (Fsp3) is 0.692. The molecule has 0 atom stereocenters. The molecule has 2 rings (SSSR count). The van der Waals surface area contributed by atoms with E-state index in [1.54, 1.807) is 0 Å². The van der Waals surface area contributed by atoms with Gasteiger partial charge >= 0.3 is 5.97 Å². The van der Waals surface area contributed by atoms with Gasteiger partial charge in [0.2, 0.25) is 0 Å². The Hall–Kier alpha value is -1.40. The summed E-state index contributed by atoms with van der Waals surface area (Å²) in [6, 6.07) is 1.85. The maximum atomic E-state index is 10.9. The van der Waals surface area contributed by atoms with E-state index in [1.165, 1.54) is 0 Å². The zero-order valence-corrected chi connectivity index (χ0v) is 11.1. The minimum absolute atomic E-state index is 0.308. The first kappa shape index (κ1) is 14.0. The summed E-state index contributed by atoms with van der Waals surface area (Å²) in [5, 5.41) is 26.2. The zero-order valence-electron chi connectivity index (χ0n) is 11.1. The average molecular weight is 268 g/mol. The monoisotopic (exact) mass is 268 g/mol. The number of carboxylic acid groups (broad SMARTS) is 1. The molecule has 0 amide bonds. The predicted molar refractivity (Wildman–Crippen MR) is 67.5 cm³/mol. The lowest BCUT2D eigenvalue weighted by Gasteiger charge is -2.34. The predicted octanol–water partition coefficient (Wildman–Crippen LogP) is 1.08. The molecule has 1 aromatic heterocycles. The second-order valence-corrected chi connectivity index (χ2v) is 5.38. The van der Waals surface area contributed by atoms with E-state index >= 15 is 0 Å². The highest BCUT2D eigenvalue weighted by atomic mass is 16.5. The standard InChI is InChI=1S/C13H20N2O4/c1-9-6-11(19-15-9)7-14-8-13(18)4-2-10(3-5-13)12(16)17/h6,10,14,18H,2-5,7-8H2,1H3,(H,16,17). The van der Waals surface area contributed by atoms with Gasteiger partial charge in [-0.15, -0.1) is 0 Å². The van der Waals surface area contributed by atoms with Gasteiger partial charge in [-0.1, -0.05) is 5.16 Å². The Morgan fingerprint density at radius 1 is 1.58 bits per heavy atom. The van der Waals surface area contributed by atoms with Crippen LogP contribution in [-0.4, -0.2) is 33.5 Å². The normalized spacial score (nSPS) is 27.4. The van der Waals surface area contributed by atoms with Crippen molar-refractivity contribution in [2.24, 2.45) is 5.92 Å². The molecule has 0 bridgehead atoms. The number of hydrogen-bond donors (Lipinski definition) is 3. The van der Waals surface area contributed by atoms with Crippen LogP contribution in [0.5, 0.6) is 0 Å². The maximum absolute atomic E-state index is 10.9. The van der Waals surface area contributed by atoms with Gasteiger partial charge in [0.15, 0.2) is 5.76 Å². The van der Waals surface area contributed by atoms with Crippen LogP contribution in [-0.2, 0) is 11.3 Å². The topological polar surface area (TPSA) is 95.6 Å². The van der Waals surface area contributed by atoms with Crippen LogP contribution in [0.1, 0.15) is 37.1 Å². The van der Waals surface area contributed by atoms with E-state index in [2.05, 4.69) is 10.5 Å². The van der Waals surface area contributed by atoms with E-state index in [0.717, 1.165) is 11.5 Å². The SMILES string of the molecule is Cc1cc(CNCC2(O)CCC(C(=O)O)CC2)on1. The Balaban J connectivity index is 1.75. The molecule has 1 heterocycles. The molecule has 106 valence electrons. The zero-order chi connectivity index (χ0) is 13.9. The van der Waals surface area contributed by atoms with Gasteiger partial charge in [-0.25, -0.2) is 0 Å². The van der Waals surface area contributed by atoms with Crippen molar-refractivity contribution in [1.29, 1.82) is 0 Å². The molecule has 19 heavy (non-hydrogen) atoms. The molecule has 1 aromatic rings. The lowest BCUT2D eigenvalue weighted by atomic mass is 9.79. The van der Waals surface area contributed by atoms with E-state index in [-0.39, 0.29) is 5.92 Å². The van der Waals surface area contributed by atoms with Gasteiger partial charge in [-0.2, -0.15) is 0 Å². The Kier molecular flexibility index (Phi) is 4.21. The number of nitrogens with zero attached hydrogens (tertiary/aromatic N) is 1. The number of nitrogens with one attached hydrogen (secondary N) is 1. The molecule has 1 fully saturated rings. The smallest absolute Gasteiger partial charge is 0.306 e. The van der Waals surface area contributed by atoms with Gasteiger partial charge in [-0.3, -0.25) is 4.79 Å². The molecule has 0 saturated heterocycles. The maximum Gasteiger partial charge on any atom is 0.306 e. The molecule has 6 nitrogen and oxygen atoms in total. The minimum Gasteiger partial charge on any atom is -0.481 e. The first-order chi connectivity index (χ1) is 8.98. The van der Waals surface area contributed by atoms with Crippen LogP contribution in [0.2, 0.25) is 0 Å². The fourth-order valence-corrected chi connectivity index (χ4v) is 2.50. The third kappa shape index (κ3) is 3.78. The molecule has 0 radical (unpaired) electrons. The van der Waals surface area contributed by atoms with Crippen LogP contribution in [0.25, 0.3) is 0 Å². The van der Waals surface area contributed by atoms with Crippen molar-refractivity contribution < 1.29 is 19.5 Å². The van der Waals surface area contributed by atoms with Gasteiger partial charge < -0.3 is 20.1 Å². The second kappa shape index (κ2) is 5.71. The fourth-order valence-electron chi connectivity index (χ4n) is 2.50. The van der Waals surface area contributed by atoms with Gasteiger partial charge in [0.05, 0.1) is 23.8 Å². The summed E-state index contributed by atoms with van der Waals surface area (Å²) in [6.07, 6.45) is 2.11. The second-order valence-electron chi connectivity index (χ2n) is 5.38. The van der Waals surface area contributed by atoms with Crippen molar-refractivity contribution in [3.05, 3.63) is 17.5 Å². The number of carboxylic acids is 1. The summed E-state index contributed by atoms with van der Waals surface area (Å²) in [5.41, 5.74) is 0.0265. The molecule has 0 unspecified atom stereocenters. The quantitative estimate of drug-likeness (QED) is 0.739. The number of hydrogen-bond acceptors (Lipinski definition) is 5. The van der Waals surface area contributed by atoms with Gasteiger partial charge in [0, 0.05) is 12.6 Å². The van der Waals surface area contributed by atoms with E-state index in [0.29, 0.717) is 38.8 Å². The number of aryl methyl sites for hydroxylation is 1. The molecule has 1 aliphatic rings. The molecule has 0 aromatic carbocycles. The van der Waals surface area contributed by atoms with Gasteiger partial charge in [-0.05, 0) is 32.6 Å². The van der Waals surface area contributed by atoms with Crippen LogP contribution in [0.15, 0.2) is 10.6 Å². The van der Waals surface area contributed by atoms with Crippen LogP contribution in [0.3, 0.4) is 0 Å². The highest BCUT2D eigenvalue weighted by Crippen LogP contribution is 2.31. The van der Waals surface area contributed by atoms with Crippen molar-refractivity contribution in [2.75, 3.05) is 6.54 Å². The summed E-state index contributed by atoms with van der Waals surface area (Å²) < 4.78 is 5.06. The van der Waals surface area contributed by atoms with Crippen molar-refractivity contribution in [3.63, 3.8) is 0 Å². The number of aliphatic carboxylic acids is 1. The number of aliphatic hydroxyl groups is 1. The summed E-state index contributed by atoms with van der Waals surface area (Å²) in [7, 11) is 0. The van der Waals surface area contributed by atoms with Gasteiger partial charge in [0.25, 0.3) is 0 Å². The molecular weight excluding hydrogens is 248 g/mol. The Morgan fingerprint density at radius 3 is 2.79 bits per heavy atom. The van der Waals surface area contributed by atoms with Crippen LogP contribution in [0, 0.1) is 12.8 Å². The van der Waals surface area contributed by atoms with Crippen LogP contribution >= 0.6 is 0 Å². The summed E-state index contributed by atoms with van der Waals surface area (Å²) >= 11 is 0. The molecule has 0 spiro atoms. The Morgan fingerprint density at radius 2 is 2.26 bits per heavy atom. The lowest BCUT2D eigenvalue weighted by molar-refractivity contribution is -0.144. The van der Waals surface area contributed by atoms with E-state index in [4.69, 9.17) is 9.63 Å². The molecule has 1 aliphatic carbocycles. The largest absolute Gasteiger partial charge is 0.481 e. The minimum atomic E-state index is -0.805. The third-order valence-corrected chi connectivity index (χ3v) is 3.70. The summed E-state index contributed by atoms with van der Waals surface area (Å²) in [4.78, 5) is 10.9. The average Bonchev–Trinajstić information content (AvgIpc) is 2.75. The number of carbonyl (C=O) groups is 1. The van der Waals surface area contributed by atoms with E-state index < -0.39 is 11.6 Å². The van der Waals surface area contributed by atoms with E-state index in [9.17, 15) is 9.90 Å². The highest BCUT2D eigenvalue weighted by Gasteiger charge is 2.35. The van der Waals surface area contributed by atoms with Crippen molar-refractivity contribution in [1.82, 2.24) is 10.5 Å². The number of rotatable bonds is 5. The van der Waals surface area contributed by atoms with Crippen molar-refractivity contribution in [2.45, 2.75) is 44.8 Å². The molecule has 1 saturated carbocycles. The molecule has 3 N–H and O–H groups in total. The first-order valence-electron chi connectivity index (χ1n) is 6.57. The highest BCUT2D eigenvalue weighted by molar-refractivity contribution is 5.70. The van der Waals surface area contributed by atoms with Crippen molar-refractivity contribution >= 4 is 5.97 Å². The summed E-state index contributed by atoms with van der Waals surface area (Å²) in [6.45, 7) is 2.82. The summed E-state index contributed by atoms with van der Waals surface area (Å²) in [5.74, 6) is -0.329. The molecule has 6 heteroatoms. The molecule has 0 aliphatic heterocycles. The molecular formula is C13H20N2O4. The third-order valence-electron chi connectivity index (χ3n) is 3.70. The van der Waals surface area contributed by atoms with Crippen molar-refractivity contribution in [3.8, 4) is 0 Å². The number of aromatic nitrogens is 1.